The predicted octanol–water partition coefficient (Wildman–Crippen LogP) is 3.92. The number of amides is 1. The van der Waals surface area contributed by atoms with Gasteiger partial charge in [0.05, 0.1) is 11.2 Å². The summed E-state index contributed by atoms with van der Waals surface area (Å²) in [7, 11) is 0. The molecular weight excluding hydrogens is 316 g/mol. The van der Waals surface area contributed by atoms with Crippen LogP contribution in [0, 0.1) is 6.92 Å². The number of ether oxygens (including phenoxy) is 2. The first-order valence-electron chi connectivity index (χ1n) is 7.94. The number of aryl methyl sites for hydroxylation is 1. The van der Waals surface area contributed by atoms with E-state index in [2.05, 4.69) is 10.3 Å². The standard InChI is InChI=1S/C20H16N2O3/c1-13-5-8-15-3-2-4-16(20(15)21-13)22-19(23)10-7-14-6-9-17-18(11-14)25-12-24-17/h2-11H,12H2,1H3,(H,22,23). The Morgan fingerprint density at radius 1 is 1.12 bits per heavy atom. The molecule has 0 fully saturated rings. The molecule has 0 aliphatic carbocycles. The topological polar surface area (TPSA) is 60.5 Å². The van der Waals surface area contributed by atoms with Crippen molar-refractivity contribution in [2.75, 3.05) is 12.1 Å². The minimum absolute atomic E-state index is 0.214. The summed E-state index contributed by atoms with van der Waals surface area (Å²) in [6, 6.07) is 15.2. The first kappa shape index (κ1) is 15.2. The molecule has 3 aromatic rings. The van der Waals surface area contributed by atoms with E-state index in [0.29, 0.717) is 11.4 Å². The first-order chi connectivity index (χ1) is 12.2. The van der Waals surface area contributed by atoms with Crippen LogP contribution in [0.2, 0.25) is 0 Å². The lowest BCUT2D eigenvalue weighted by Crippen LogP contribution is -2.08. The highest BCUT2D eigenvalue weighted by atomic mass is 16.7. The Morgan fingerprint density at radius 2 is 2.00 bits per heavy atom. The second kappa shape index (κ2) is 6.28. The van der Waals surface area contributed by atoms with Crippen LogP contribution in [-0.2, 0) is 4.79 Å². The molecular formula is C20H16N2O3. The summed E-state index contributed by atoms with van der Waals surface area (Å²) >= 11 is 0. The molecule has 2 heterocycles. The number of nitrogens with zero attached hydrogens (tertiary/aromatic N) is 1. The largest absolute Gasteiger partial charge is 0.454 e. The van der Waals surface area contributed by atoms with Crippen molar-refractivity contribution >= 4 is 28.6 Å². The maximum absolute atomic E-state index is 12.3. The van der Waals surface area contributed by atoms with Gasteiger partial charge in [0.15, 0.2) is 11.5 Å². The van der Waals surface area contributed by atoms with Crippen molar-refractivity contribution in [3.05, 3.63) is 65.9 Å². The zero-order valence-electron chi connectivity index (χ0n) is 13.7. The lowest BCUT2D eigenvalue weighted by molar-refractivity contribution is -0.111. The van der Waals surface area contributed by atoms with Crippen LogP contribution in [0.5, 0.6) is 11.5 Å². The van der Waals surface area contributed by atoms with Crippen molar-refractivity contribution in [1.29, 1.82) is 0 Å². The molecule has 2 aromatic carbocycles. The number of hydrogen-bond acceptors (Lipinski definition) is 4. The smallest absolute Gasteiger partial charge is 0.248 e. The van der Waals surface area contributed by atoms with Gasteiger partial charge in [-0.2, -0.15) is 0 Å². The number of pyridine rings is 1. The quantitative estimate of drug-likeness (QED) is 0.739. The number of aromatic nitrogens is 1. The molecule has 1 amide bonds. The molecule has 5 nitrogen and oxygen atoms in total. The highest BCUT2D eigenvalue weighted by molar-refractivity contribution is 6.06. The van der Waals surface area contributed by atoms with Crippen LogP contribution in [0.4, 0.5) is 5.69 Å². The van der Waals surface area contributed by atoms with Gasteiger partial charge in [-0.1, -0.05) is 24.3 Å². The Kier molecular flexibility index (Phi) is 3.82. The summed E-state index contributed by atoms with van der Waals surface area (Å²) in [5.41, 5.74) is 3.25. The van der Waals surface area contributed by atoms with Gasteiger partial charge < -0.3 is 14.8 Å². The Hall–Kier alpha value is -3.34. The molecule has 1 aliphatic rings. The van der Waals surface area contributed by atoms with Crippen molar-refractivity contribution < 1.29 is 14.3 Å². The van der Waals surface area contributed by atoms with E-state index in [-0.39, 0.29) is 12.7 Å². The molecule has 4 rings (SSSR count). The van der Waals surface area contributed by atoms with Gasteiger partial charge in [-0.05, 0) is 42.8 Å². The summed E-state index contributed by atoms with van der Waals surface area (Å²) in [5.74, 6) is 1.20. The van der Waals surface area contributed by atoms with Crippen molar-refractivity contribution in [1.82, 2.24) is 4.98 Å². The van der Waals surface area contributed by atoms with Crippen LogP contribution in [0.15, 0.2) is 54.6 Å². The number of anilines is 1. The van der Waals surface area contributed by atoms with Crippen molar-refractivity contribution in [3.63, 3.8) is 0 Å². The van der Waals surface area contributed by atoms with Gasteiger partial charge >= 0.3 is 0 Å². The molecule has 1 aliphatic heterocycles. The van der Waals surface area contributed by atoms with Crippen LogP contribution >= 0.6 is 0 Å². The number of carbonyl (C=O) groups excluding carboxylic acids is 1. The molecule has 0 unspecified atom stereocenters. The molecule has 0 bridgehead atoms. The Bertz CT molecular complexity index is 995. The zero-order valence-corrected chi connectivity index (χ0v) is 13.7. The summed E-state index contributed by atoms with van der Waals surface area (Å²) in [6.07, 6.45) is 3.23. The summed E-state index contributed by atoms with van der Waals surface area (Å²) in [4.78, 5) is 16.8. The van der Waals surface area contributed by atoms with Gasteiger partial charge in [-0.3, -0.25) is 9.78 Å². The summed E-state index contributed by atoms with van der Waals surface area (Å²) < 4.78 is 10.6. The third-order valence-corrected chi connectivity index (χ3v) is 3.94. The lowest BCUT2D eigenvalue weighted by atomic mass is 10.1. The predicted molar refractivity (Wildman–Crippen MR) is 96.7 cm³/mol. The number of hydrogen-bond donors (Lipinski definition) is 1. The Labute approximate surface area is 144 Å². The third-order valence-electron chi connectivity index (χ3n) is 3.94. The van der Waals surface area contributed by atoms with E-state index in [1.165, 1.54) is 6.08 Å². The second-order valence-corrected chi connectivity index (χ2v) is 5.77. The van der Waals surface area contributed by atoms with E-state index in [4.69, 9.17) is 9.47 Å². The second-order valence-electron chi connectivity index (χ2n) is 5.77. The van der Waals surface area contributed by atoms with Crippen LogP contribution in [0.3, 0.4) is 0 Å². The number of benzene rings is 2. The van der Waals surface area contributed by atoms with E-state index in [1.807, 2.05) is 55.5 Å². The average Bonchev–Trinajstić information content (AvgIpc) is 3.08. The fraction of sp³-hybridized carbons (Fsp3) is 0.100. The molecule has 124 valence electrons. The van der Waals surface area contributed by atoms with Crippen LogP contribution in [0.1, 0.15) is 11.3 Å². The fourth-order valence-corrected chi connectivity index (χ4v) is 2.71. The number of nitrogens with one attached hydrogen (secondary N) is 1. The highest BCUT2D eigenvalue weighted by Crippen LogP contribution is 2.32. The van der Waals surface area contributed by atoms with Crippen LogP contribution in [-0.4, -0.2) is 17.7 Å². The molecule has 0 saturated carbocycles. The van der Waals surface area contributed by atoms with E-state index in [9.17, 15) is 4.79 Å². The number of para-hydroxylation sites is 1. The summed E-state index contributed by atoms with van der Waals surface area (Å²) in [5, 5.41) is 3.88. The van der Waals surface area contributed by atoms with Gasteiger partial charge in [-0.25, -0.2) is 0 Å². The minimum atomic E-state index is -0.214. The Morgan fingerprint density at radius 3 is 2.92 bits per heavy atom. The molecule has 0 spiro atoms. The highest BCUT2D eigenvalue weighted by Gasteiger charge is 2.12. The average molecular weight is 332 g/mol. The van der Waals surface area contributed by atoms with Gasteiger partial charge in [0, 0.05) is 17.2 Å². The van der Waals surface area contributed by atoms with Crippen molar-refractivity contribution in [3.8, 4) is 11.5 Å². The number of fused-ring (bicyclic) bond motifs is 2. The SMILES string of the molecule is Cc1ccc2cccc(NC(=O)C=Cc3ccc4c(c3)OCO4)c2n1. The third kappa shape index (κ3) is 3.17. The van der Waals surface area contributed by atoms with Crippen LogP contribution in [0.25, 0.3) is 17.0 Å². The van der Waals surface area contributed by atoms with E-state index in [0.717, 1.165) is 27.9 Å². The fourth-order valence-electron chi connectivity index (χ4n) is 2.71. The monoisotopic (exact) mass is 332 g/mol. The lowest BCUT2D eigenvalue weighted by Gasteiger charge is -2.07. The number of carbonyl (C=O) groups is 1. The van der Waals surface area contributed by atoms with Crippen LogP contribution < -0.4 is 14.8 Å². The normalized spacial score (nSPS) is 12.7. The molecule has 25 heavy (non-hydrogen) atoms. The van der Waals surface area contributed by atoms with E-state index < -0.39 is 0 Å². The van der Waals surface area contributed by atoms with E-state index in [1.54, 1.807) is 6.08 Å². The van der Waals surface area contributed by atoms with Crippen molar-refractivity contribution in [2.45, 2.75) is 6.92 Å². The maximum Gasteiger partial charge on any atom is 0.248 e. The van der Waals surface area contributed by atoms with Gasteiger partial charge in [0.2, 0.25) is 12.7 Å². The van der Waals surface area contributed by atoms with Gasteiger partial charge in [0.25, 0.3) is 0 Å². The summed E-state index contributed by atoms with van der Waals surface area (Å²) in [6.45, 7) is 2.16. The molecule has 0 radical (unpaired) electrons. The minimum Gasteiger partial charge on any atom is -0.454 e. The molecule has 0 saturated heterocycles. The molecule has 1 aromatic heterocycles. The Balaban J connectivity index is 1.53. The van der Waals surface area contributed by atoms with Gasteiger partial charge in [-0.15, -0.1) is 0 Å². The molecule has 5 heteroatoms. The zero-order chi connectivity index (χ0) is 17.2. The molecule has 0 atom stereocenters. The maximum atomic E-state index is 12.3. The number of rotatable bonds is 3. The van der Waals surface area contributed by atoms with E-state index >= 15 is 0 Å². The van der Waals surface area contributed by atoms with Crippen molar-refractivity contribution in [2.24, 2.45) is 0 Å². The first-order valence-corrected chi connectivity index (χ1v) is 7.94. The van der Waals surface area contributed by atoms with Gasteiger partial charge in [0.1, 0.15) is 0 Å². The molecule has 1 N–H and O–H groups in total.